The SMILES string of the molecule is CN1CCCCC1C(=O)NCCCC(=O)O. The van der Waals surface area contributed by atoms with Crippen molar-refractivity contribution in [3.8, 4) is 0 Å². The number of carboxylic acids is 1. The van der Waals surface area contributed by atoms with Crippen LogP contribution in [0.3, 0.4) is 0 Å². The summed E-state index contributed by atoms with van der Waals surface area (Å²) in [5, 5.41) is 11.2. The summed E-state index contributed by atoms with van der Waals surface area (Å²) in [7, 11) is 1.96. The van der Waals surface area contributed by atoms with Crippen LogP contribution in [0.1, 0.15) is 32.1 Å². The molecule has 0 saturated carbocycles. The van der Waals surface area contributed by atoms with Crippen LogP contribution in [-0.4, -0.2) is 48.1 Å². The van der Waals surface area contributed by atoms with Crippen molar-refractivity contribution in [1.82, 2.24) is 10.2 Å². The molecule has 16 heavy (non-hydrogen) atoms. The normalized spacial score (nSPS) is 21.7. The summed E-state index contributed by atoms with van der Waals surface area (Å²) >= 11 is 0. The first-order valence-electron chi connectivity index (χ1n) is 5.81. The van der Waals surface area contributed by atoms with Gasteiger partial charge in [-0.25, -0.2) is 0 Å². The van der Waals surface area contributed by atoms with E-state index < -0.39 is 5.97 Å². The van der Waals surface area contributed by atoms with Gasteiger partial charge < -0.3 is 10.4 Å². The quantitative estimate of drug-likeness (QED) is 0.670. The summed E-state index contributed by atoms with van der Waals surface area (Å²) in [5.74, 6) is -0.781. The van der Waals surface area contributed by atoms with Crippen LogP contribution in [0.5, 0.6) is 0 Å². The monoisotopic (exact) mass is 228 g/mol. The van der Waals surface area contributed by atoms with Crippen molar-refractivity contribution in [2.24, 2.45) is 0 Å². The Bertz CT molecular complexity index is 256. The summed E-state index contributed by atoms with van der Waals surface area (Å²) in [6, 6.07) is -0.0291. The fraction of sp³-hybridized carbons (Fsp3) is 0.818. The van der Waals surface area contributed by atoms with Gasteiger partial charge in [0.2, 0.25) is 5.91 Å². The molecular weight excluding hydrogens is 208 g/mol. The summed E-state index contributed by atoms with van der Waals surface area (Å²) in [4.78, 5) is 24.1. The number of rotatable bonds is 5. The van der Waals surface area contributed by atoms with Gasteiger partial charge in [0.1, 0.15) is 0 Å². The summed E-state index contributed by atoms with van der Waals surface area (Å²) < 4.78 is 0. The number of aliphatic carboxylic acids is 1. The van der Waals surface area contributed by atoms with Gasteiger partial charge in [-0.15, -0.1) is 0 Å². The van der Waals surface area contributed by atoms with Gasteiger partial charge in [0.15, 0.2) is 0 Å². The Morgan fingerprint density at radius 1 is 1.44 bits per heavy atom. The maximum atomic E-state index is 11.8. The van der Waals surface area contributed by atoms with E-state index in [1.165, 1.54) is 0 Å². The third-order valence-corrected chi connectivity index (χ3v) is 2.94. The van der Waals surface area contributed by atoms with E-state index in [9.17, 15) is 9.59 Å². The van der Waals surface area contributed by atoms with Gasteiger partial charge in [0.25, 0.3) is 0 Å². The lowest BCUT2D eigenvalue weighted by molar-refractivity contribution is -0.137. The first-order valence-corrected chi connectivity index (χ1v) is 5.81. The minimum absolute atomic E-state index is 0.0291. The molecule has 1 amide bonds. The highest BCUT2D eigenvalue weighted by Crippen LogP contribution is 2.14. The number of hydrogen-bond donors (Lipinski definition) is 2. The maximum Gasteiger partial charge on any atom is 0.303 e. The van der Waals surface area contributed by atoms with Crippen molar-refractivity contribution in [2.75, 3.05) is 20.1 Å². The topological polar surface area (TPSA) is 69.6 Å². The van der Waals surface area contributed by atoms with Crippen molar-refractivity contribution in [3.05, 3.63) is 0 Å². The molecule has 1 saturated heterocycles. The van der Waals surface area contributed by atoms with Gasteiger partial charge in [-0.1, -0.05) is 6.42 Å². The highest BCUT2D eigenvalue weighted by molar-refractivity contribution is 5.81. The molecule has 1 fully saturated rings. The Morgan fingerprint density at radius 3 is 2.81 bits per heavy atom. The summed E-state index contributed by atoms with van der Waals surface area (Å²) in [5.41, 5.74) is 0. The second-order valence-electron chi connectivity index (χ2n) is 4.28. The number of hydrogen-bond acceptors (Lipinski definition) is 3. The molecule has 1 aliphatic rings. The molecule has 0 radical (unpaired) electrons. The highest BCUT2D eigenvalue weighted by atomic mass is 16.4. The van der Waals surface area contributed by atoms with E-state index in [1.807, 2.05) is 7.05 Å². The van der Waals surface area contributed by atoms with Crippen LogP contribution in [0.15, 0.2) is 0 Å². The van der Waals surface area contributed by atoms with Crippen LogP contribution in [0.2, 0.25) is 0 Å². The van der Waals surface area contributed by atoms with Crippen molar-refractivity contribution in [3.63, 3.8) is 0 Å². The van der Waals surface area contributed by atoms with Gasteiger partial charge >= 0.3 is 5.97 Å². The molecule has 0 aromatic heterocycles. The number of amides is 1. The van der Waals surface area contributed by atoms with Crippen molar-refractivity contribution >= 4 is 11.9 Å². The number of likely N-dealkylation sites (N-methyl/N-ethyl adjacent to an activating group) is 1. The molecule has 1 aliphatic heterocycles. The average Bonchev–Trinajstić information content (AvgIpc) is 2.24. The Kier molecular flexibility index (Phi) is 5.25. The number of nitrogens with one attached hydrogen (secondary N) is 1. The fourth-order valence-corrected chi connectivity index (χ4v) is 1.98. The van der Waals surface area contributed by atoms with E-state index in [0.29, 0.717) is 13.0 Å². The van der Waals surface area contributed by atoms with Crippen LogP contribution >= 0.6 is 0 Å². The number of carbonyl (C=O) groups is 2. The zero-order valence-electron chi connectivity index (χ0n) is 9.74. The van der Waals surface area contributed by atoms with E-state index in [1.54, 1.807) is 0 Å². The maximum absolute atomic E-state index is 11.8. The fourth-order valence-electron chi connectivity index (χ4n) is 1.98. The lowest BCUT2D eigenvalue weighted by Crippen LogP contribution is -2.47. The number of piperidine rings is 1. The minimum Gasteiger partial charge on any atom is -0.481 e. The van der Waals surface area contributed by atoms with Crippen molar-refractivity contribution < 1.29 is 14.7 Å². The first kappa shape index (κ1) is 13.0. The molecule has 92 valence electrons. The van der Waals surface area contributed by atoms with Crippen LogP contribution in [0.25, 0.3) is 0 Å². The minimum atomic E-state index is -0.816. The second kappa shape index (κ2) is 6.48. The lowest BCUT2D eigenvalue weighted by Gasteiger charge is -2.31. The average molecular weight is 228 g/mol. The molecule has 5 nitrogen and oxygen atoms in total. The molecule has 2 N–H and O–H groups in total. The van der Waals surface area contributed by atoms with E-state index in [0.717, 1.165) is 25.8 Å². The molecule has 0 bridgehead atoms. The largest absolute Gasteiger partial charge is 0.481 e. The van der Waals surface area contributed by atoms with Gasteiger partial charge in [-0.3, -0.25) is 14.5 Å². The molecule has 0 aromatic carbocycles. The number of likely N-dealkylation sites (tertiary alicyclic amines) is 1. The predicted octanol–water partition coefficient (Wildman–Crippen LogP) is 0.452. The van der Waals surface area contributed by atoms with Crippen LogP contribution in [0.4, 0.5) is 0 Å². The molecule has 5 heteroatoms. The number of carbonyl (C=O) groups excluding carboxylic acids is 1. The Balaban J connectivity index is 2.20. The Hall–Kier alpha value is -1.10. The van der Waals surface area contributed by atoms with Gasteiger partial charge in [0.05, 0.1) is 6.04 Å². The first-order chi connectivity index (χ1) is 7.61. The van der Waals surface area contributed by atoms with E-state index in [2.05, 4.69) is 10.2 Å². The van der Waals surface area contributed by atoms with Crippen LogP contribution in [0, 0.1) is 0 Å². The molecule has 0 aromatic rings. The van der Waals surface area contributed by atoms with E-state index in [-0.39, 0.29) is 18.4 Å². The summed E-state index contributed by atoms with van der Waals surface area (Å²) in [6.07, 6.45) is 3.76. The molecular formula is C11H20N2O3. The molecule has 0 spiro atoms. The molecule has 1 rings (SSSR count). The van der Waals surface area contributed by atoms with Crippen LogP contribution in [-0.2, 0) is 9.59 Å². The third kappa shape index (κ3) is 4.18. The second-order valence-corrected chi connectivity index (χ2v) is 4.28. The molecule has 0 aliphatic carbocycles. The van der Waals surface area contributed by atoms with Gasteiger partial charge in [-0.05, 0) is 32.9 Å². The smallest absolute Gasteiger partial charge is 0.303 e. The van der Waals surface area contributed by atoms with Crippen molar-refractivity contribution in [1.29, 1.82) is 0 Å². The zero-order valence-corrected chi connectivity index (χ0v) is 9.74. The lowest BCUT2D eigenvalue weighted by atomic mass is 10.0. The molecule has 1 heterocycles. The highest BCUT2D eigenvalue weighted by Gasteiger charge is 2.25. The Morgan fingerprint density at radius 2 is 2.19 bits per heavy atom. The number of nitrogens with zero attached hydrogens (tertiary/aromatic N) is 1. The van der Waals surface area contributed by atoms with Crippen molar-refractivity contribution in [2.45, 2.75) is 38.1 Å². The third-order valence-electron chi connectivity index (χ3n) is 2.94. The molecule has 1 unspecified atom stereocenters. The predicted molar refractivity (Wildman–Crippen MR) is 60.1 cm³/mol. The zero-order chi connectivity index (χ0) is 12.0. The number of carboxylic acid groups (broad SMARTS) is 1. The van der Waals surface area contributed by atoms with Gasteiger partial charge in [0, 0.05) is 13.0 Å². The summed E-state index contributed by atoms with van der Waals surface area (Å²) in [6.45, 7) is 1.42. The van der Waals surface area contributed by atoms with E-state index in [4.69, 9.17) is 5.11 Å². The van der Waals surface area contributed by atoms with E-state index >= 15 is 0 Å². The molecule has 1 atom stereocenters. The van der Waals surface area contributed by atoms with Crippen LogP contribution < -0.4 is 5.32 Å². The Labute approximate surface area is 95.8 Å². The van der Waals surface area contributed by atoms with Gasteiger partial charge in [-0.2, -0.15) is 0 Å². The standard InChI is InChI=1S/C11H20N2O3/c1-13-8-3-2-5-9(13)11(16)12-7-4-6-10(14)15/h9H,2-8H2,1H3,(H,12,16)(H,14,15).